The Morgan fingerprint density at radius 2 is 2.00 bits per heavy atom. The molecule has 1 aromatic heterocycles. The van der Waals surface area contributed by atoms with Crippen molar-refractivity contribution in [3.8, 4) is 0 Å². The predicted molar refractivity (Wildman–Crippen MR) is 48.3 cm³/mol. The van der Waals surface area contributed by atoms with Crippen LogP contribution in [0.1, 0.15) is 16.1 Å². The predicted octanol–water partition coefficient (Wildman–Crippen LogP) is 1.52. The first-order valence-electron chi connectivity index (χ1n) is 4.28. The molecule has 1 rings (SSSR count). The minimum absolute atomic E-state index is 0.540. The zero-order chi connectivity index (χ0) is 13.2. The number of aromatic amines is 1. The summed E-state index contributed by atoms with van der Waals surface area (Å²) in [6, 6.07) is 1.25. The van der Waals surface area contributed by atoms with Crippen LogP contribution in [-0.2, 0) is 10.7 Å². The summed E-state index contributed by atoms with van der Waals surface area (Å²) in [6.45, 7) is 0. The first-order chi connectivity index (χ1) is 7.80. The van der Waals surface area contributed by atoms with Crippen LogP contribution in [0.2, 0.25) is 0 Å². The maximum atomic E-state index is 12.8. The van der Waals surface area contributed by atoms with E-state index in [0.717, 1.165) is 7.11 Å². The van der Waals surface area contributed by atoms with E-state index in [0.29, 0.717) is 12.1 Å². The molecule has 0 aromatic carbocycles. The van der Waals surface area contributed by atoms with Gasteiger partial charge >= 0.3 is 18.3 Å². The van der Waals surface area contributed by atoms with E-state index >= 15 is 0 Å². The normalized spacial score (nSPS) is 11.6. The highest BCUT2D eigenvalue weighted by Gasteiger charge is 2.43. The van der Waals surface area contributed by atoms with E-state index < -0.39 is 35.1 Å². The van der Waals surface area contributed by atoms with Crippen LogP contribution in [0.25, 0.3) is 0 Å². The van der Waals surface area contributed by atoms with Crippen LogP contribution in [0.15, 0.2) is 16.9 Å². The van der Waals surface area contributed by atoms with Crippen LogP contribution in [0, 0.1) is 0 Å². The molecule has 4 nitrogen and oxygen atoms in total. The standard InChI is InChI=1S/C9H7F4NO3/c1-17-7(16)4-2-3-5(14-6(4)15)9(12,13)8(10)11/h2-3,8H,1H3,(H,14,15). The monoisotopic (exact) mass is 253 g/mol. The number of methoxy groups -OCH3 is 1. The van der Waals surface area contributed by atoms with Gasteiger partial charge in [-0.25, -0.2) is 13.6 Å². The topological polar surface area (TPSA) is 59.2 Å². The number of hydrogen-bond donors (Lipinski definition) is 1. The molecule has 0 fully saturated rings. The minimum atomic E-state index is -4.48. The highest BCUT2D eigenvalue weighted by molar-refractivity contribution is 5.88. The molecular formula is C9H7F4NO3. The lowest BCUT2D eigenvalue weighted by atomic mass is 10.2. The molecule has 0 saturated carbocycles. The first-order valence-corrected chi connectivity index (χ1v) is 4.28. The van der Waals surface area contributed by atoms with E-state index in [9.17, 15) is 27.2 Å². The van der Waals surface area contributed by atoms with Crippen molar-refractivity contribution in [2.45, 2.75) is 12.3 Å². The number of halogens is 4. The van der Waals surface area contributed by atoms with Crippen molar-refractivity contribution >= 4 is 5.97 Å². The van der Waals surface area contributed by atoms with Crippen LogP contribution >= 0.6 is 0 Å². The molecule has 0 bridgehead atoms. The molecule has 94 valence electrons. The smallest absolute Gasteiger partial charge is 0.346 e. The van der Waals surface area contributed by atoms with Crippen LogP contribution in [0.3, 0.4) is 0 Å². The van der Waals surface area contributed by atoms with Gasteiger partial charge in [0.2, 0.25) is 0 Å². The molecule has 0 saturated heterocycles. The van der Waals surface area contributed by atoms with Gasteiger partial charge < -0.3 is 9.72 Å². The molecule has 0 aliphatic rings. The zero-order valence-electron chi connectivity index (χ0n) is 8.47. The maximum Gasteiger partial charge on any atom is 0.346 e. The molecule has 0 atom stereocenters. The zero-order valence-corrected chi connectivity index (χ0v) is 8.47. The lowest BCUT2D eigenvalue weighted by Crippen LogP contribution is -2.29. The number of alkyl halides is 4. The quantitative estimate of drug-likeness (QED) is 0.656. The Morgan fingerprint density at radius 1 is 1.41 bits per heavy atom. The van der Waals surface area contributed by atoms with Gasteiger partial charge in [-0.2, -0.15) is 8.78 Å². The lowest BCUT2D eigenvalue weighted by molar-refractivity contribution is -0.138. The van der Waals surface area contributed by atoms with Crippen molar-refractivity contribution in [2.75, 3.05) is 7.11 Å². The summed E-state index contributed by atoms with van der Waals surface area (Å²) in [5, 5.41) is 0. The summed E-state index contributed by atoms with van der Waals surface area (Å²) in [5.74, 6) is -5.52. The van der Waals surface area contributed by atoms with Gasteiger partial charge in [-0.3, -0.25) is 4.79 Å². The van der Waals surface area contributed by atoms with Gasteiger partial charge in [0.1, 0.15) is 5.56 Å². The van der Waals surface area contributed by atoms with Gasteiger partial charge in [0, 0.05) is 0 Å². The van der Waals surface area contributed by atoms with E-state index in [1.54, 1.807) is 0 Å². The van der Waals surface area contributed by atoms with Crippen LogP contribution in [-0.4, -0.2) is 24.5 Å². The molecular weight excluding hydrogens is 246 g/mol. The van der Waals surface area contributed by atoms with Gasteiger partial charge in [-0.15, -0.1) is 0 Å². The number of hydrogen-bond acceptors (Lipinski definition) is 3. The molecule has 1 N–H and O–H groups in total. The summed E-state index contributed by atoms with van der Waals surface area (Å²) < 4.78 is 53.9. The minimum Gasteiger partial charge on any atom is -0.465 e. The molecule has 0 spiro atoms. The molecule has 0 unspecified atom stereocenters. The number of ether oxygens (including phenoxy) is 1. The van der Waals surface area contributed by atoms with Gasteiger partial charge in [-0.05, 0) is 12.1 Å². The number of carbonyl (C=O) groups is 1. The van der Waals surface area contributed by atoms with E-state index in [4.69, 9.17) is 0 Å². The second-order valence-corrected chi connectivity index (χ2v) is 3.03. The highest BCUT2D eigenvalue weighted by Crippen LogP contribution is 2.32. The molecule has 0 aliphatic heterocycles. The Labute approximate surface area is 92.2 Å². The van der Waals surface area contributed by atoms with E-state index in [2.05, 4.69) is 4.74 Å². The van der Waals surface area contributed by atoms with Gasteiger partial charge in [0.25, 0.3) is 5.56 Å². The third-order valence-electron chi connectivity index (χ3n) is 1.95. The molecule has 17 heavy (non-hydrogen) atoms. The third kappa shape index (κ3) is 2.45. The fourth-order valence-electron chi connectivity index (χ4n) is 1.06. The SMILES string of the molecule is COC(=O)c1ccc(C(F)(F)C(F)F)[nH]c1=O. The Hall–Kier alpha value is -1.86. The molecule has 8 heteroatoms. The molecule has 0 aliphatic carbocycles. The van der Waals surface area contributed by atoms with Gasteiger partial charge in [-0.1, -0.05) is 0 Å². The Morgan fingerprint density at radius 3 is 2.41 bits per heavy atom. The number of pyridine rings is 1. The van der Waals surface area contributed by atoms with Crippen molar-refractivity contribution in [2.24, 2.45) is 0 Å². The third-order valence-corrected chi connectivity index (χ3v) is 1.95. The fraction of sp³-hybridized carbons (Fsp3) is 0.333. The average molecular weight is 253 g/mol. The van der Waals surface area contributed by atoms with E-state index in [1.807, 2.05) is 0 Å². The summed E-state index contributed by atoms with van der Waals surface area (Å²) in [6.07, 6.45) is -3.96. The largest absolute Gasteiger partial charge is 0.465 e. The van der Waals surface area contributed by atoms with Crippen molar-refractivity contribution < 1.29 is 27.1 Å². The fourth-order valence-corrected chi connectivity index (χ4v) is 1.06. The number of carbonyl (C=O) groups excluding carboxylic acids is 1. The van der Waals surface area contributed by atoms with Gasteiger partial charge in [0.15, 0.2) is 0 Å². The van der Waals surface area contributed by atoms with Gasteiger partial charge in [0.05, 0.1) is 12.8 Å². The maximum absolute atomic E-state index is 12.8. The Bertz CT molecular complexity index is 483. The lowest BCUT2D eigenvalue weighted by Gasteiger charge is -2.14. The summed E-state index contributed by atoms with van der Waals surface area (Å²) in [5.41, 5.74) is -3.01. The second-order valence-electron chi connectivity index (χ2n) is 3.03. The van der Waals surface area contributed by atoms with E-state index in [1.165, 1.54) is 4.98 Å². The number of H-pyrrole nitrogens is 1. The van der Waals surface area contributed by atoms with Crippen LogP contribution < -0.4 is 5.56 Å². The number of esters is 1. The average Bonchev–Trinajstić information content (AvgIpc) is 2.27. The Balaban J connectivity index is 3.22. The van der Waals surface area contributed by atoms with E-state index in [-0.39, 0.29) is 0 Å². The van der Waals surface area contributed by atoms with Crippen molar-refractivity contribution in [1.29, 1.82) is 0 Å². The highest BCUT2D eigenvalue weighted by atomic mass is 19.3. The summed E-state index contributed by atoms with van der Waals surface area (Å²) >= 11 is 0. The Kier molecular flexibility index (Phi) is 3.54. The summed E-state index contributed by atoms with van der Waals surface area (Å²) in [4.78, 5) is 23.7. The van der Waals surface area contributed by atoms with Crippen LogP contribution in [0.5, 0.6) is 0 Å². The molecule has 1 heterocycles. The molecule has 0 radical (unpaired) electrons. The van der Waals surface area contributed by atoms with Crippen molar-refractivity contribution in [3.05, 3.63) is 33.7 Å². The second kappa shape index (κ2) is 4.56. The number of nitrogens with one attached hydrogen (secondary N) is 1. The van der Waals surface area contributed by atoms with Crippen LogP contribution in [0.4, 0.5) is 17.6 Å². The summed E-state index contributed by atoms with van der Waals surface area (Å²) in [7, 11) is 0.990. The first kappa shape index (κ1) is 13.2. The number of rotatable bonds is 3. The molecule has 1 aromatic rings. The van der Waals surface area contributed by atoms with Crippen molar-refractivity contribution in [3.63, 3.8) is 0 Å². The molecule has 0 amide bonds. The number of aromatic nitrogens is 1. The van der Waals surface area contributed by atoms with Crippen molar-refractivity contribution in [1.82, 2.24) is 4.98 Å².